The van der Waals surface area contributed by atoms with Gasteiger partial charge in [0.1, 0.15) is 11.5 Å². The first-order valence-electron chi connectivity index (χ1n) is 9.99. The Morgan fingerprint density at radius 3 is 2.42 bits per heavy atom. The number of aromatic nitrogens is 1. The van der Waals surface area contributed by atoms with E-state index in [1.54, 1.807) is 48.8 Å². The van der Waals surface area contributed by atoms with Crippen molar-refractivity contribution in [3.63, 3.8) is 0 Å². The van der Waals surface area contributed by atoms with E-state index >= 15 is 0 Å². The molecular weight excluding hydrogens is 392 g/mol. The molecule has 6 heteroatoms. The number of carbonyl (C=O) groups is 2. The van der Waals surface area contributed by atoms with Crippen LogP contribution in [0.25, 0.3) is 5.76 Å². The van der Waals surface area contributed by atoms with Gasteiger partial charge in [0.25, 0.3) is 11.7 Å². The van der Waals surface area contributed by atoms with Crippen molar-refractivity contribution in [3.8, 4) is 5.75 Å². The number of ketones is 1. The lowest BCUT2D eigenvalue weighted by Crippen LogP contribution is -2.29. The summed E-state index contributed by atoms with van der Waals surface area (Å²) in [6, 6.07) is 17.0. The van der Waals surface area contributed by atoms with Gasteiger partial charge in [-0.3, -0.25) is 19.5 Å². The maximum atomic E-state index is 13.1. The van der Waals surface area contributed by atoms with Gasteiger partial charge < -0.3 is 9.84 Å². The number of Topliss-reactive ketones (excluding diaryl/α,β-unsaturated/α-hetero) is 1. The number of aliphatic hydroxyl groups is 1. The molecule has 1 N–H and O–H groups in total. The number of rotatable bonds is 5. The quantitative estimate of drug-likeness (QED) is 0.383. The first kappa shape index (κ1) is 20.3. The van der Waals surface area contributed by atoms with E-state index in [4.69, 9.17) is 4.74 Å². The summed E-state index contributed by atoms with van der Waals surface area (Å²) in [5, 5.41) is 11.1. The molecule has 2 aromatic carbocycles. The van der Waals surface area contributed by atoms with Crippen molar-refractivity contribution in [3.05, 3.63) is 95.3 Å². The molecule has 156 valence electrons. The highest BCUT2D eigenvalue weighted by Crippen LogP contribution is 2.42. The van der Waals surface area contributed by atoms with E-state index in [0.717, 1.165) is 12.0 Å². The number of hydrogen-bond donors (Lipinski definition) is 1. The number of benzene rings is 2. The van der Waals surface area contributed by atoms with Crippen LogP contribution in [0.15, 0.2) is 78.6 Å². The van der Waals surface area contributed by atoms with E-state index in [2.05, 4.69) is 4.98 Å². The molecule has 0 saturated carbocycles. The van der Waals surface area contributed by atoms with Crippen LogP contribution in [0.2, 0.25) is 0 Å². The highest BCUT2D eigenvalue weighted by molar-refractivity contribution is 6.51. The number of aryl methyl sites for hydroxylation is 1. The van der Waals surface area contributed by atoms with Crippen LogP contribution < -0.4 is 9.64 Å². The Balaban J connectivity index is 1.91. The highest BCUT2D eigenvalue weighted by atomic mass is 16.5. The van der Waals surface area contributed by atoms with E-state index in [1.165, 1.54) is 12.0 Å². The molecule has 1 aliphatic heterocycles. The van der Waals surface area contributed by atoms with Gasteiger partial charge >= 0.3 is 0 Å². The van der Waals surface area contributed by atoms with Crippen molar-refractivity contribution >= 4 is 23.1 Å². The monoisotopic (exact) mass is 414 g/mol. The molecule has 31 heavy (non-hydrogen) atoms. The lowest BCUT2D eigenvalue weighted by atomic mass is 9.95. The van der Waals surface area contributed by atoms with Gasteiger partial charge in [-0.25, -0.2) is 0 Å². The van der Waals surface area contributed by atoms with Crippen LogP contribution in [0.3, 0.4) is 0 Å². The van der Waals surface area contributed by atoms with E-state index < -0.39 is 17.7 Å². The van der Waals surface area contributed by atoms with Crippen LogP contribution in [0.5, 0.6) is 5.75 Å². The van der Waals surface area contributed by atoms with E-state index in [1.807, 2.05) is 31.2 Å². The zero-order valence-corrected chi connectivity index (χ0v) is 17.3. The first-order valence-corrected chi connectivity index (χ1v) is 9.99. The number of anilines is 1. The number of ether oxygens (including phenoxy) is 1. The van der Waals surface area contributed by atoms with Gasteiger partial charge in [-0.15, -0.1) is 0 Å². The minimum absolute atomic E-state index is 0.0315. The Labute approximate surface area is 180 Å². The predicted molar refractivity (Wildman–Crippen MR) is 118 cm³/mol. The van der Waals surface area contributed by atoms with E-state index in [0.29, 0.717) is 22.6 Å². The van der Waals surface area contributed by atoms with Crippen LogP contribution in [0, 0.1) is 0 Å². The van der Waals surface area contributed by atoms with Crippen molar-refractivity contribution in [2.45, 2.75) is 19.4 Å². The minimum Gasteiger partial charge on any atom is -0.507 e. The highest BCUT2D eigenvalue weighted by Gasteiger charge is 2.46. The average molecular weight is 414 g/mol. The lowest BCUT2D eigenvalue weighted by Gasteiger charge is -2.25. The predicted octanol–water partition coefficient (Wildman–Crippen LogP) is 4.28. The number of carbonyl (C=O) groups excluding carboxylic acids is 2. The smallest absolute Gasteiger partial charge is 0.300 e. The Hall–Kier alpha value is -3.93. The second-order valence-corrected chi connectivity index (χ2v) is 7.20. The fourth-order valence-corrected chi connectivity index (χ4v) is 3.78. The van der Waals surface area contributed by atoms with Gasteiger partial charge in [0, 0.05) is 23.6 Å². The van der Waals surface area contributed by atoms with Crippen molar-refractivity contribution in [2.75, 3.05) is 12.0 Å². The Morgan fingerprint density at radius 2 is 1.77 bits per heavy atom. The summed E-state index contributed by atoms with van der Waals surface area (Å²) in [5.74, 6) is -1.13. The van der Waals surface area contributed by atoms with Crippen molar-refractivity contribution in [2.24, 2.45) is 0 Å². The molecule has 1 amide bonds. The number of amides is 1. The molecule has 1 aliphatic rings. The molecule has 6 nitrogen and oxygen atoms in total. The Morgan fingerprint density at radius 1 is 1.06 bits per heavy atom. The van der Waals surface area contributed by atoms with Crippen molar-refractivity contribution in [1.29, 1.82) is 0 Å². The van der Waals surface area contributed by atoms with Gasteiger partial charge in [-0.1, -0.05) is 31.2 Å². The van der Waals surface area contributed by atoms with Gasteiger partial charge in [-0.2, -0.15) is 0 Å². The molecule has 3 aromatic rings. The molecule has 4 rings (SSSR count). The molecule has 1 unspecified atom stereocenters. The van der Waals surface area contributed by atoms with Crippen LogP contribution in [0.1, 0.15) is 29.7 Å². The maximum Gasteiger partial charge on any atom is 0.300 e. The molecule has 1 fully saturated rings. The van der Waals surface area contributed by atoms with Crippen LogP contribution in [-0.4, -0.2) is 28.9 Å². The number of nitrogens with zero attached hydrogens (tertiary/aromatic N) is 2. The summed E-state index contributed by atoms with van der Waals surface area (Å²) < 4.78 is 5.24. The second-order valence-electron chi connectivity index (χ2n) is 7.20. The molecule has 0 spiro atoms. The minimum atomic E-state index is -0.776. The SMILES string of the molecule is CCc1ccc(N2C(=O)C(=O)/C(=C(\O)c3cccc(OC)c3)C2c2ccncc2)cc1. The van der Waals surface area contributed by atoms with Gasteiger partial charge in [-0.05, 0) is 53.9 Å². The standard InChI is InChI=1S/C25H22N2O4/c1-3-16-7-9-19(10-8-16)27-22(17-11-13-26-14-12-17)21(24(29)25(27)30)23(28)18-5-4-6-20(15-18)31-2/h4-15,22,28H,3H2,1-2H3/b23-21-. The lowest BCUT2D eigenvalue weighted by molar-refractivity contribution is -0.132. The summed E-state index contributed by atoms with van der Waals surface area (Å²) >= 11 is 0. The Kier molecular flexibility index (Phi) is 5.54. The zero-order valence-electron chi connectivity index (χ0n) is 17.3. The summed E-state index contributed by atoms with van der Waals surface area (Å²) in [6.45, 7) is 2.05. The third kappa shape index (κ3) is 3.68. The van der Waals surface area contributed by atoms with Crippen molar-refractivity contribution in [1.82, 2.24) is 4.98 Å². The summed E-state index contributed by atoms with van der Waals surface area (Å²) in [4.78, 5) is 31.7. The molecule has 0 aliphatic carbocycles. The number of pyridine rings is 1. The van der Waals surface area contributed by atoms with E-state index in [-0.39, 0.29) is 11.3 Å². The molecule has 2 heterocycles. The average Bonchev–Trinajstić information content (AvgIpc) is 3.09. The molecule has 0 radical (unpaired) electrons. The Bertz CT molecular complexity index is 1150. The number of aliphatic hydroxyl groups excluding tert-OH is 1. The van der Waals surface area contributed by atoms with Crippen LogP contribution >= 0.6 is 0 Å². The summed E-state index contributed by atoms with van der Waals surface area (Å²) in [5.41, 5.74) is 2.82. The number of hydrogen-bond acceptors (Lipinski definition) is 5. The van der Waals surface area contributed by atoms with Gasteiger partial charge in [0.05, 0.1) is 18.7 Å². The molecular formula is C25H22N2O4. The number of methoxy groups -OCH3 is 1. The largest absolute Gasteiger partial charge is 0.507 e. The molecule has 1 saturated heterocycles. The second kappa shape index (κ2) is 8.44. The van der Waals surface area contributed by atoms with Crippen LogP contribution in [0.4, 0.5) is 5.69 Å². The van der Waals surface area contributed by atoms with Gasteiger partial charge in [0.15, 0.2) is 0 Å². The topological polar surface area (TPSA) is 79.7 Å². The maximum absolute atomic E-state index is 13.1. The molecule has 1 aromatic heterocycles. The fraction of sp³-hybridized carbons (Fsp3) is 0.160. The first-order chi connectivity index (χ1) is 15.0. The summed E-state index contributed by atoms with van der Waals surface area (Å²) in [7, 11) is 1.52. The molecule has 1 atom stereocenters. The zero-order chi connectivity index (χ0) is 22.0. The fourth-order valence-electron chi connectivity index (χ4n) is 3.78. The molecule has 0 bridgehead atoms. The third-order valence-corrected chi connectivity index (χ3v) is 5.43. The third-order valence-electron chi connectivity index (χ3n) is 5.43. The summed E-state index contributed by atoms with van der Waals surface area (Å²) in [6.07, 6.45) is 4.06. The normalized spacial score (nSPS) is 17.7. The van der Waals surface area contributed by atoms with Crippen molar-refractivity contribution < 1.29 is 19.4 Å². The van der Waals surface area contributed by atoms with Crippen LogP contribution in [-0.2, 0) is 16.0 Å². The van der Waals surface area contributed by atoms with E-state index in [9.17, 15) is 14.7 Å². The van der Waals surface area contributed by atoms with Gasteiger partial charge in [0.2, 0.25) is 0 Å².